The molecule has 0 atom stereocenters. The Morgan fingerprint density at radius 3 is 1.80 bits per heavy atom. The fraction of sp³-hybridized carbons (Fsp3) is 0.310. The number of rotatable bonds is 8. The third-order valence-corrected chi connectivity index (χ3v) is 9.07. The summed E-state index contributed by atoms with van der Waals surface area (Å²) in [6.07, 6.45) is 10.3. The maximum atomic E-state index is 11.9. The van der Waals surface area contributed by atoms with Crippen molar-refractivity contribution in [1.29, 1.82) is 5.26 Å². The summed E-state index contributed by atoms with van der Waals surface area (Å²) in [4.78, 5) is 7.17. The Hall–Kier alpha value is -3.38. The molecule has 3 heterocycles. The number of imidazole rings is 1. The number of hydrogen-bond acceptors (Lipinski definition) is 8. The van der Waals surface area contributed by atoms with E-state index in [0.29, 0.717) is 38.4 Å². The summed E-state index contributed by atoms with van der Waals surface area (Å²) in [5.41, 5.74) is 2.54. The maximum Gasteiger partial charge on any atom is 0.236 e. The second-order valence-corrected chi connectivity index (χ2v) is 14.1. The van der Waals surface area contributed by atoms with Crippen molar-refractivity contribution < 1.29 is 26.3 Å². The Balaban J connectivity index is 0.000000201. The van der Waals surface area contributed by atoms with Gasteiger partial charge in [0.05, 0.1) is 46.1 Å². The number of ether oxygens (including phenoxy) is 2. The van der Waals surface area contributed by atoms with Crippen molar-refractivity contribution in [3.8, 4) is 6.07 Å². The van der Waals surface area contributed by atoms with Crippen molar-refractivity contribution in [2.45, 2.75) is 32.5 Å². The van der Waals surface area contributed by atoms with Crippen LogP contribution in [0.1, 0.15) is 30.3 Å². The third-order valence-electron chi connectivity index (χ3n) is 6.40. The van der Waals surface area contributed by atoms with E-state index in [2.05, 4.69) is 9.97 Å². The number of methoxy groups -OCH3 is 2. The number of aromatic nitrogens is 4. The van der Waals surface area contributed by atoms with Crippen LogP contribution >= 0.6 is 23.2 Å². The first kappa shape index (κ1) is 35.1. The van der Waals surface area contributed by atoms with Crippen molar-refractivity contribution in [2.24, 2.45) is 0 Å². The molecule has 1 N–H and O–H groups in total. The zero-order valence-corrected chi connectivity index (χ0v) is 27.9. The molecule has 5 rings (SSSR count). The van der Waals surface area contributed by atoms with Gasteiger partial charge >= 0.3 is 0 Å². The number of nitrogens with zero attached hydrogens (tertiary/aromatic N) is 4. The number of aromatic amines is 1. The van der Waals surface area contributed by atoms with Gasteiger partial charge in [0.15, 0.2) is 6.29 Å². The van der Waals surface area contributed by atoms with Crippen molar-refractivity contribution in [1.82, 2.24) is 17.9 Å². The van der Waals surface area contributed by atoms with Crippen LogP contribution in [0, 0.1) is 11.3 Å². The number of benzene rings is 2. The van der Waals surface area contributed by atoms with Gasteiger partial charge in [0, 0.05) is 56.2 Å². The molecule has 0 bridgehead atoms. The van der Waals surface area contributed by atoms with Gasteiger partial charge in [-0.15, -0.1) is 0 Å². The lowest BCUT2D eigenvalue weighted by atomic mass is 10.1. The van der Waals surface area contributed by atoms with E-state index in [0.717, 1.165) is 33.4 Å². The number of nitrogens with one attached hydrogen (secondary N) is 1. The molecule has 0 saturated carbocycles. The van der Waals surface area contributed by atoms with Crippen molar-refractivity contribution in [2.75, 3.05) is 26.7 Å². The topological polar surface area (TPSA) is 149 Å². The Kier molecular flexibility index (Phi) is 12.0. The van der Waals surface area contributed by atoms with Gasteiger partial charge in [-0.1, -0.05) is 42.3 Å². The predicted molar refractivity (Wildman–Crippen MR) is 173 cm³/mol. The summed E-state index contributed by atoms with van der Waals surface area (Å²) in [5.74, 6) is 0.762. The summed E-state index contributed by atoms with van der Waals surface area (Å²) >= 11 is 12.3. The Morgan fingerprint density at radius 1 is 0.909 bits per heavy atom. The van der Waals surface area contributed by atoms with E-state index in [9.17, 15) is 16.8 Å². The van der Waals surface area contributed by atoms with Gasteiger partial charge < -0.3 is 14.5 Å². The Labute approximate surface area is 267 Å². The molecule has 5 aromatic rings. The Morgan fingerprint density at radius 2 is 1.41 bits per heavy atom. The van der Waals surface area contributed by atoms with Gasteiger partial charge in [-0.05, 0) is 41.8 Å². The lowest BCUT2D eigenvalue weighted by Crippen LogP contribution is -2.10. The zero-order valence-electron chi connectivity index (χ0n) is 24.8. The zero-order chi connectivity index (χ0) is 32.7. The van der Waals surface area contributed by atoms with Crippen LogP contribution in [0.2, 0.25) is 10.0 Å². The minimum atomic E-state index is -3.40. The average Bonchev–Trinajstić information content (AvgIpc) is 3.70. The monoisotopic (exact) mass is 681 g/mol. The smallest absolute Gasteiger partial charge is 0.236 e. The van der Waals surface area contributed by atoms with Crippen LogP contribution in [0.15, 0.2) is 61.2 Å². The lowest BCUT2D eigenvalue weighted by molar-refractivity contribution is -0.103. The largest absolute Gasteiger partial charge is 0.356 e. The molecule has 0 aliphatic carbocycles. The fourth-order valence-corrected chi connectivity index (χ4v) is 6.72. The maximum absolute atomic E-state index is 11.9. The van der Waals surface area contributed by atoms with Crippen molar-refractivity contribution in [3.05, 3.63) is 88.2 Å². The van der Waals surface area contributed by atoms with Gasteiger partial charge in [-0.3, -0.25) is 0 Å². The number of hydrogen-bond donors (Lipinski definition) is 1. The normalized spacial score (nSPS) is 11.6. The van der Waals surface area contributed by atoms with E-state index in [1.807, 2.05) is 13.0 Å². The van der Waals surface area contributed by atoms with Crippen molar-refractivity contribution >= 4 is 65.1 Å². The highest BCUT2D eigenvalue weighted by Gasteiger charge is 2.18. The lowest BCUT2D eigenvalue weighted by Gasteiger charge is -2.08. The molecule has 15 heteroatoms. The second kappa shape index (κ2) is 15.1. The fourth-order valence-electron chi connectivity index (χ4n) is 4.49. The summed E-state index contributed by atoms with van der Waals surface area (Å²) in [6.45, 7) is 2.01. The highest BCUT2D eigenvalue weighted by Crippen LogP contribution is 2.31. The second-order valence-electron chi connectivity index (χ2n) is 9.55. The van der Waals surface area contributed by atoms with E-state index in [1.54, 1.807) is 69.2 Å². The summed E-state index contributed by atoms with van der Waals surface area (Å²) < 4.78 is 59.0. The molecule has 2 aromatic carbocycles. The van der Waals surface area contributed by atoms with Crippen molar-refractivity contribution in [3.63, 3.8) is 0 Å². The highest BCUT2D eigenvalue weighted by atomic mass is 35.5. The van der Waals surface area contributed by atoms with Gasteiger partial charge in [-0.2, -0.15) is 5.26 Å². The minimum absolute atomic E-state index is 0.0139. The molecule has 0 fully saturated rings. The first-order valence-corrected chi connectivity index (χ1v) is 17.6. The van der Waals surface area contributed by atoms with Crippen LogP contribution < -0.4 is 0 Å². The number of nitriles is 1. The molecule has 0 unspecified atom stereocenters. The minimum Gasteiger partial charge on any atom is -0.356 e. The molecule has 44 heavy (non-hydrogen) atoms. The van der Waals surface area contributed by atoms with Crippen LogP contribution in [0.5, 0.6) is 0 Å². The summed E-state index contributed by atoms with van der Waals surface area (Å²) in [6, 6.07) is 12.3. The van der Waals surface area contributed by atoms with Gasteiger partial charge in [-0.25, -0.2) is 29.8 Å². The summed E-state index contributed by atoms with van der Waals surface area (Å²) in [5, 5.41) is 11.1. The summed E-state index contributed by atoms with van der Waals surface area (Å²) in [7, 11) is -3.50. The first-order chi connectivity index (χ1) is 20.8. The van der Waals surface area contributed by atoms with Gasteiger partial charge in [0.1, 0.15) is 5.82 Å². The molecule has 0 radical (unpaired) electrons. The molecule has 0 amide bonds. The van der Waals surface area contributed by atoms with E-state index >= 15 is 0 Å². The molecular formula is C29H33Cl2N5O6S2. The quantitative estimate of drug-likeness (QED) is 0.208. The van der Waals surface area contributed by atoms with Crippen LogP contribution in [0.4, 0.5) is 0 Å². The SMILES string of the molecule is CCC(OC)OC.CS(=O)(=O)n1cc(CC#N)c2c(Cl)cccc21.CS(=O)(=O)n1cc(Cc2ncc[nH]2)c2c(Cl)cccc21. The van der Waals surface area contributed by atoms with Gasteiger partial charge in [0.25, 0.3) is 0 Å². The number of halogens is 2. The highest BCUT2D eigenvalue weighted by molar-refractivity contribution is 7.89. The molecule has 0 spiro atoms. The standard InChI is InChI=1S/C13H12ClN3O2S.C11H9ClN2O2S.C5H12O2/c1-20(18,19)17-8-9(7-12-15-5-6-16-12)13-10(14)3-2-4-11(13)17;1-17(15,16)14-7-8(5-6-13)11-9(12)3-2-4-10(11)14;1-4-5(6-2)7-3/h2-6,8H,7H2,1H3,(H,15,16);2-4,7H,5H2,1H3;5H,4H2,1-3H3. The van der Waals surface area contributed by atoms with E-state index in [4.69, 9.17) is 37.9 Å². The van der Waals surface area contributed by atoms with Crippen LogP contribution in [-0.2, 0) is 42.4 Å². The molecule has 236 valence electrons. The average molecular weight is 683 g/mol. The van der Waals surface area contributed by atoms with E-state index in [-0.39, 0.29) is 12.7 Å². The van der Waals surface area contributed by atoms with Crippen LogP contribution in [0.3, 0.4) is 0 Å². The first-order valence-electron chi connectivity index (χ1n) is 13.2. The van der Waals surface area contributed by atoms with Crippen LogP contribution in [0.25, 0.3) is 21.8 Å². The molecule has 3 aromatic heterocycles. The van der Waals surface area contributed by atoms with Crippen LogP contribution in [-0.4, -0.2) is 67.8 Å². The number of fused-ring (bicyclic) bond motifs is 2. The molecule has 0 aliphatic heterocycles. The molecule has 0 saturated heterocycles. The van der Waals surface area contributed by atoms with Gasteiger partial charge in [0.2, 0.25) is 20.0 Å². The number of H-pyrrole nitrogens is 1. The molecule has 0 aliphatic rings. The molecular weight excluding hydrogens is 649 g/mol. The third kappa shape index (κ3) is 8.41. The van der Waals surface area contributed by atoms with E-state index in [1.165, 1.54) is 16.4 Å². The molecule has 11 nitrogen and oxygen atoms in total. The van der Waals surface area contributed by atoms with E-state index < -0.39 is 20.0 Å². The Bertz CT molecular complexity index is 1970. The predicted octanol–water partition coefficient (Wildman–Crippen LogP) is 5.60.